The summed E-state index contributed by atoms with van der Waals surface area (Å²) >= 11 is 0. The highest BCUT2D eigenvalue weighted by molar-refractivity contribution is 5.82. The Bertz CT molecular complexity index is 138. The van der Waals surface area contributed by atoms with E-state index in [0.717, 1.165) is 25.3 Å². The number of likely N-dealkylation sites (tertiary alicyclic amines) is 1. The lowest BCUT2D eigenvalue weighted by molar-refractivity contribution is 0.209. The predicted molar refractivity (Wildman–Crippen MR) is 47.8 cm³/mol. The first-order valence-electron chi connectivity index (χ1n) is 4.34. The van der Waals surface area contributed by atoms with E-state index in [9.17, 15) is 0 Å². The zero-order chi connectivity index (χ0) is 8.10. The minimum Gasteiger partial charge on any atom is -0.386 e. The van der Waals surface area contributed by atoms with Crippen molar-refractivity contribution in [3.8, 4) is 0 Å². The molecule has 0 atom stereocenters. The van der Waals surface area contributed by atoms with Gasteiger partial charge >= 0.3 is 0 Å². The number of rotatable bonds is 4. The van der Waals surface area contributed by atoms with Gasteiger partial charge in [0, 0.05) is 6.54 Å². The second kappa shape index (κ2) is 4.34. The van der Waals surface area contributed by atoms with Crippen LogP contribution in [0.1, 0.15) is 19.8 Å². The highest BCUT2D eigenvalue weighted by Gasteiger charge is 2.13. The van der Waals surface area contributed by atoms with Crippen molar-refractivity contribution in [1.82, 2.24) is 4.90 Å². The lowest BCUT2D eigenvalue weighted by atomic mass is 10.2. The number of aliphatic imine (C=N–C) groups is 1. The topological polar surface area (TPSA) is 41.6 Å². The molecule has 0 saturated carbocycles. The minimum atomic E-state index is 0.798. The molecule has 1 aliphatic heterocycles. The molecular formula is C8H17N3. The second-order valence-electron chi connectivity index (χ2n) is 3.00. The largest absolute Gasteiger partial charge is 0.386 e. The molecule has 1 aliphatic rings. The smallest absolute Gasteiger partial charge is 0.108 e. The van der Waals surface area contributed by atoms with Crippen molar-refractivity contribution >= 4 is 5.84 Å². The van der Waals surface area contributed by atoms with Crippen LogP contribution in [0.5, 0.6) is 0 Å². The van der Waals surface area contributed by atoms with Gasteiger partial charge in [0.25, 0.3) is 0 Å². The SMILES string of the molecule is CCCN=C(N)CN1CCC1. The van der Waals surface area contributed by atoms with Gasteiger partial charge in [0.1, 0.15) is 5.84 Å². The van der Waals surface area contributed by atoms with Crippen LogP contribution in [0, 0.1) is 0 Å². The molecule has 0 unspecified atom stereocenters. The van der Waals surface area contributed by atoms with Gasteiger partial charge in [-0.2, -0.15) is 0 Å². The first kappa shape index (κ1) is 8.53. The van der Waals surface area contributed by atoms with Crippen molar-refractivity contribution in [3.63, 3.8) is 0 Å². The van der Waals surface area contributed by atoms with Gasteiger partial charge in [0.05, 0.1) is 6.54 Å². The third-order valence-electron chi connectivity index (χ3n) is 1.87. The van der Waals surface area contributed by atoms with Crippen LogP contribution in [0.25, 0.3) is 0 Å². The molecule has 3 heteroatoms. The molecule has 1 heterocycles. The Morgan fingerprint density at radius 3 is 2.73 bits per heavy atom. The predicted octanol–water partition coefficient (Wildman–Crippen LogP) is 0.459. The van der Waals surface area contributed by atoms with Crippen LogP contribution in [0.15, 0.2) is 4.99 Å². The van der Waals surface area contributed by atoms with E-state index in [1.807, 2.05) is 0 Å². The zero-order valence-electron chi connectivity index (χ0n) is 7.21. The summed E-state index contributed by atoms with van der Waals surface area (Å²) in [4.78, 5) is 6.53. The number of hydrogen-bond donors (Lipinski definition) is 1. The van der Waals surface area contributed by atoms with E-state index in [4.69, 9.17) is 5.73 Å². The standard InChI is InChI=1S/C8H17N3/c1-2-4-10-8(9)7-11-5-3-6-11/h2-7H2,1H3,(H2,9,10). The molecule has 0 aromatic rings. The van der Waals surface area contributed by atoms with Gasteiger partial charge in [-0.25, -0.2) is 0 Å². The summed E-state index contributed by atoms with van der Waals surface area (Å²) < 4.78 is 0. The van der Waals surface area contributed by atoms with E-state index >= 15 is 0 Å². The van der Waals surface area contributed by atoms with Crippen LogP contribution in [-0.4, -0.2) is 36.9 Å². The zero-order valence-corrected chi connectivity index (χ0v) is 7.21. The Balaban J connectivity index is 2.12. The molecule has 1 fully saturated rings. The fourth-order valence-corrected chi connectivity index (χ4v) is 1.07. The maximum atomic E-state index is 5.68. The van der Waals surface area contributed by atoms with Crippen molar-refractivity contribution in [1.29, 1.82) is 0 Å². The summed E-state index contributed by atoms with van der Waals surface area (Å²) in [6, 6.07) is 0. The third-order valence-corrected chi connectivity index (χ3v) is 1.87. The molecule has 64 valence electrons. The molecule has 1 rings (SSSR count). The van der Waals surface area contributed by atoms with Crippen LogP contribution in [0.3, 0.4) is 0 Å². The minimum absolute atomic E-state index is 0.798. The lowest BCUT2D eigenvalue weighted by Gasteiger charge is -2.30. The fraction of sp³-hybridized carbons (Fsp3) is 0.875. The maximum Gasteiger partial charge on any atom is 0.108 e. The van der Waals surface area contributed by atoms with E-state index < -0.39 is 0 Å². The highest BCUT2D eigenvalue weighted by Crippen LogP contribution is 2.03. The van der Waals surface area contributed by atoms with E-state index in [1.165, 1.54) is 19.5 Å². The molecule has 0 aliphatic carbocycles. The first-order chi connectivity index (χ1) is 5.33. The monoisotopic (exact) mass is 155 g/mol. The number of nitrogens with zero attached hydrogens (tertiary/aromatic N) is 2. The molecule has 11 heavy (non-hydrogen) atoms. The van der Waals surface area contributed by atoms with Crippen LogP contribution in [0.4, 0.5) is 0 Å². The average molecular weight is 155 g/mol. The van der Waals surface area contributed by atoms with Crippen LogP contribution < -0.4 is 5.73 Å². The Labute approximate surface area is 68.3 Å². The first-order valence-corrected chi connectivity index (χ1v) is 4.34. The van der Waals surface area contributed by atoms with Crippen molar-refractivity contribution < 1.29 is 0 Å². The molecule has 2 N–H and O–H groups in total. The van der Waals surface area contributed by atoms with Gasteiger partial charge in [-0.1, -0.05) is 6.92 Å². The van der Waals surface area contributed by atoms with Crippen LogP contribution >= 0.6 is 0 Å². The van der Waals surface area contributed by atoms with Gasteiger partial charge in [-0.05, 0) is 25.9 Å². The molecule has 3 nitrogen and oxygen atoms in total. The summed E-state index contributed by atoms with van der Waals surface area (Å²) in [5, 5.41) is 0. The molecule has 0 aromatic heterocycles. The van der Waals surface area contributed by atoms with E-state index in [-0.39, 0.29) is 0 Å². The van der Waals surface area contributed by atoms with E-state index in [0.29, 0.717) is 0 Å². The second-order valence-corrected chi connectivity index (χ2v) is 3.00. The van der Waals surface area contributed by atoms with E-state index in [2.05, 4.69) is 16.8 Å². The molecule has 0 spiro atoms. The van der Waals surface area contributed by atoms with Gasteiger partial charge in [0.2, 0.25) is 0 Å². The van der Waals surface area contributed by atoms with Crippen molar-refractivity contribution in [3.05, 3.63) is 0 Å². The summed E-state index contributed by atoms with van der Waals surface area (Å²) in [5.74, 6) is 0.798. The van der Waals surface area contributed by atoms with Crippen LogP contribution in [0.2, 0.25) is 0 Å². The van der Waals surface area contributed by atoms with Crippen molar-refractivity contribution in [2.45, 2.75) is 19.8 Å². The number of hydrogen-bond acceptors (Lipinski definition) is 2. The number of amidine groups is 1. The van der Waals surface area contributed by atoms with Gasteiger partial charge in [0.15, 0.2) is 0 Å². The Morgan fingerprint density at radius 2 is 2.27 bits per heavy atom. The Kier molecular flexibility index (Phi) is 3.36. The maximum absolute atomic E-state index is 5.68. The molecule has 0 bridgehead atoms. The van der Waals surface area contributed by atoms with Gasteiger partial charge < -0.3 is 5.73 Å². The fourth-order valence-electron chi connectivity index (χ4n) is 1.07. The van der Waals surface area contributed by atoms with Crippen molar-refractivity contribution in [2.75, 3.05) is 26.2 Å². The van der Waals surface area contributed by atoms with Crippen LogP contribution in [-0.2, 0) is 0 Å². The number of nitrogens with two attached hydrogens (primary N) is 1. The summed E-state index contributed by atoms with van der Waals surface area (Å²) in [6.45, 7) is 6.25. The van der Waals surface area contributed by atoms with Crippen molar-refractivity contribution in [2.24, 2.45) is 10.7 Å². The summed E-state index contributed by atoms with van der Waals surface area (Å²) in [6.07, 6.45) is 2.40. The quantitative estimate of drug-likeness (QED) is 0.473. The summed E-state index contributed by atoms with van der Waals surface area (Å²) in [7, 11) is 0. The molecular weight excluding hydrogens is 138 g/mol. The Morgan fingerprint density at radius 1 is 1.55 bits per heavy atom. The lowest BCUT2D eigenvalue weighted by Crippen LogP contribution is -2.42. The third kappa shape index (κ3) is 2.89. The molecule has 1 saturated heterocycles. The normalized spacial score (nSPS) is 19.9. The highest BCUT2D eigenvalue weighted by atomic mass is 15.2. The molecule has 0 radical (unpaired) electrons. The molecule has 0 aromatic carbocycles. The van der Waals surface area contributed by atoms with E-state index in [1.54, 1.807) is 0 Å². The van der Waals surface area contributed by atoms with Gasteiger partial charge in [-0.15, -0.1) is 0 Å². The molecule has 0 amide bonds. The van der Waals surface area contributed by atoms with Gasteiger partial charge in [-0.3, -0.25) is 9.89 Å². The summed E-state index contributed by atoms with van der Waals surface area (Å²) in [5.41, 5.74) is 5.68. The average Bonchev–Trinajstić information content (AvgIpc) is 1.93. The Hall–Kier alpha value is -0.570.